The van der Waals surface area contributed by atoms with Crippen molar-refractivity contribution in [1.29, 1.82) is 0 Å². The van der Waals surface area contributed by atoms with Crippen molar-refractivity contribution in [2.45, 2.75) is 12.8 Å². The van der Waals surface area contributed by atoms with Crippen LogP contribution in [0.3, 0.4) is 0 Å². The molecule has 1 N–H and O–H groups in total. The third kappa shape index (κ3) is 1.13. The number of carbonyl (C=O) groups is 1. The quantitative estimate of drug-likeness (QED) is 0.709. The highest BCUT2D eigenvalue weighted by atomic mass is 16.4. The molecule has 1 aromatic carbocycles. The number of hydrogen-bond acceptors (Lipinski definition) is 2. The minimum Gasteiger partial charge on any atom is -0.480 e. The molecule has 0 aromatic heterocycles. The third-order valence-electron chi connectivity index (χ3n) is 2.21. The molecule has 13 heavy (non-hydrogen) atoms. The molecular formula is C10H9NO2. The van der Waals surface area contributed by atoms with Gasteiger partial charge < -0.3 is 5.11 Å². The van der Waals surface area contributed by atoms with Crippen LogP contribution in [-0.2, 0) is 4.79 Å². The molecule has 1 aromatic rings. The van der Waals surface area contributed by atoms with Gasteiger partial charge in [-0.15, -0.1) is 0 Å². The molecule has 3 heteroatoms. The Morgan fingerprint density at radius 2 is 2.15 bits per heavy atom. The molecule has 2 rings (SSSR count). The van der Waals surface area contributed by atoms with E-state index in [1.54, 1.807) is 6.92 Å². The standard InChI is InChI=1S/C10H9NO2/c1-6-9(10(12)13)7-4-2-3-5-8(7)11-6/h2-5,9H,1H3,(H,12,13). The Morgan fingerprint density at radius 3 is 2.85 bits per heavy atom. The lowest BCUT2D eigenvalue weighted by molar-refractivity contribution is -0.137. The average Bonchev–Trinajstić information content (AvgIpc) is 2.39. The zero-order valence-electron chi connectivity index (χ0n) is 7.19. The van der Waals surface area contributed by atoms with E-state index in [1.807, 2.05) is 24.3 Å². The highest BCUT2D eigenvalue weighted by molar-refractivity contribution is 6.10. The number of aliphatic carboxylic acids is 1. The van der Waals surface area contributed by atoms with Crippen molar-refractivity contribution in [3.8, 4) is 0 Å². The highest BCUT2D eigenvalue weighted by Crippen LogP contribution is 2.34. The number of benzene rings is 1. The van der Waals surface area contributed by atoms with E-state index in [4.69, 9.17) is 5.11 Å². The van der Waals surface area contributed by atoms with Gasteiger partial charge in [-0.1, -0.05) is 18.2 Å². The normalized spacial score (nSPS) is 19.5. The molecule has 0 radical (unpaired) electrons. The molecule has 0 bridgehead atoms. The van der Waals surface area contributed by atoms with Crippen LogP contribution >= 0.6 is 0 Å². The number of carboxylic acids is 1. The Hall–Kier alpha value is -1.64. The van der Waals surface area contributed by atoms with Crippen LogP contribution in [0.15, 0.2) is 29.3 Å². The van der Waals surface area contributed by atoms with Crippen molar-refractivity contribution in [2.75, 3.05) is 0 Å². The van der Waals surface area contributed by atoms with E-state index >= 15 is 0 Å². The first kappa shape index (κ1) is 7.98. The van der Waals surface area contributed by atoms with Gasteiger partial charge in [-0.3, -0.25) is 9.79 Å². The molecule has 0 fully saturated rings. The molecule has 0 saturated heterocycles. The Kier molecular flexibility index (Phi) is 1.65. The van der Waals surface area contributed by atoms with Gasteiger partial charge in [-0.25, -0.2) is 0 Å². The summed E-state index contributed by atoms with van der Waals surface area (Å²) in [6, 6.07) is 7.35. The molecule has 1 aliphatic heterocycles. The van der Waals surface area contributed by atoms with Gasteiger partial charge in [0, 0.05) is 5.71 Å². The van der Waals surface area contributed by atoms with Crippen molar-refractivity contribution in [1.82, 2.24) is 0 Å². The van der Waals surface area contributed by atoms with Crippen LogP contribution in [-0.4, -0.2) is 16.8 Å². The lowest BCUT2D eigenvalue weighted by Crippen LogP contribution is -2.15. The van der Waals surface area contributed by atoms with Crippen molar-refractivity contribution in [3.05, 3.63) is 29.8 Å². The lowest BCUT2D eigenvalue weighted by Gasteiger charge is -2.05. The van der Waals surface area contributed by atoms with Gasteiger partial charge in [0.15, 0.2) is 0 Å². The van der Waals surface area contributed by atoms with Crippen molar-refractivity contribution in [3.63, 3.8) is 0 Å². The predicted molar refractivity (Wildman–Crippen MR) is 49.6 cm³/mol. The van der Waals surface area contributed by atoms with E-state index in [-0.39, 0.29) is 0 Å². The van der Waals surface area contributed by atoms with Crippen LogP contribution in [0.5, 0.6) is 0 Å². The maximum atomic E-state index is 10.9. The Labute approximate surface area is 75.7 Å². The fraction of sp³-hybridized carbons (Fsp3) is 0.200. The van der Waals surface area contributed by atoms with Crippen molar-refractivity contribution < 1.29 is 9.90 Å². The Morgan fingerprint density at radius 1 is 1.46 bits per heavy atom. The molecule has 0 aliphatic carbocycles. The summed E-state index contributed by atoms with van der Waals surface area (Å²) in [6.07, 6.45) is 0. The summed E-state index contributed by atoms with van der Waals surface area (Å²) >= 11 is 0. The maximum Gasteiger partial charge on any atom is 0.316 e. The fourth-order valence-electron chi connectivity index (χ4n) is 1.62. The smallest absolute Gasteiger partial charge is 0.316 e. The first-order valence-electron chi connectivity index (χ1n) is 4.07. The molecule has 3 nitrogen and oxygen atoms in total. The second-order valence-electron chi connectivity index (χ2n) is 3.08. The summed E-state index contributed by atoms with van der Waals surface area (Å²) in [5.41, 5.74) is 2.24. The topological polar surface area (TPSA) is 49.7 Å². The molecule has 0 spiro atoms. The van der Waals surface area contributed by atoms with E-state index in [2.05, 4.69) is 4.99 Å². The summed E-state index contributed by atoms with van der Waals surface area (Å²) in [4.78, 5) is 15.1. The summed E-state index contributed by atoms with van der Waals surface area (Å²) in [7, 11) is 0. The van der Waals surface area contributed by atoms with Crippen LogP contribution in [0.1, 0.15) is 18.4 Å². The van der Waals surface area contributed by atoms with Gasteiger partial charge in [0.2, 0.25) is 0 Å². The number of fused-ring (bicyclic) bond motifs is 1. The van der Waals surface area contributed by atoms with E-state index in [0.717, 1.165) is 11.3 Å². The molecular weight excluding hydrogens is 166 g/mol. The molecule has 0 amide bonds. The van der Waals surface area contributed by atoms with Crippen molar-refractivity contribution >= 4 is 17.4 Å². The maximum absolute atomic E-state index is 10.9. The van der Waals surface area contributed by atoms with Crippen LogP contribution in [0.4, 0.5) is 5.69 Å². The van der Waals surface area contributed by atoms with E-state index < -0.39 is 11.9 Å². The highest BCUT2D eigenvalue weighted by Gasteiger charge is 2.29. The number of rotatable bonds is 1. The zero-order valence-corrected chi connectivity index (χ0v) is 7.19. The van der Waals surface area contributed by atoms with Gasteiger partial charge >= 0.3 is 5.97 Å². The summed E-state index contributed by atoms with van der Waals surface area (Å²) in [5.74, 6) is -1.37. The molecule has 1 unspecified atom stereocenters. The van der Waals surface area contributed by atoms with Gasteiger partial charge in [-0.2, -0.15) is 0 Å². The predicted octanol–water partition coefficient (Wildman–Crippen LogP) is 1.96. The number of carboxylic acid groups (broad SMARTS) is 1. The molecule has 0 saturated carbocycles. The summed E-state index contributed by atoms with van der Waals surface area (Å²) in [6.45, 7) is 1.75. The molecule has 1 aliphatic rings. The number of hydrogen-bond donors (Lipinski definition) is 1. The largest absolute Gasteiger partial charge is 0.480 e. The summed E-state index contributed by atoms with van der Waals surface area (Å²) in [5, 5.41) is 8.95. The minimum atomic E-state index is -0.828. The monoisotopic (exact) mass is 175 g/mol. The van der Waals surface area contributed by atoms with Crippen LogP contribution in [0.2, 0.25) is 0 Å². The van der Waals surface area contributed by atoms with Crippen LogP contribution < -0.4 is 0 Å². The number of para-hydroxylation sites is 1. The third-order valence-corrected chi connectivity index (χ3v) is 2.21. The zero-order chi connectivity index (χ0) is 9.42. The van der Waals surface area contributed by atoms with Gasteiger partial charge in [0.25, 0.3) is 0 Å². The molecule has 66 valence electrons. The van der Waals surface area contributed by atoms with Gasteiger partial charge in [0.1, 0.15) is 5.92 Å². The number of nitrogens with zero attached hydrogens (tertiary/aromatic N) is 1. The minimum absolute atomic E-state index is 0.545. The van der Waals surface area contributed by atoms with Gasteiger partial charge in [-0.05, 0) is 18.6 Å². The average molecular weight is 175 g/mol. The van der Waals surface area contributed by atoms with Crippen LogP contribution in [0, 0.1) is 0 Å². The SMILES string of the molecule is CC1=Nc2ccccc2C1C(=O)O. The van der Waals surface area contributed by atoms with E-state index in [9.17, 15) is 4.79 Å². The Bertz CT molecular complexity index is 396. The first-order chi connectivity index (χ1) is 6.20. The lowest BCUT2D eigenvalue weighted by atomic mass is 9.97. The molecule has 1 atom stereocenters. The summed E-state index contributed by atoms with van der Waals surface area (Å²) < 4.78 is 0. The van der Waals surface area contributed by atoms with E-state index in [1.165, 1.54) is 0 Å². The number of aliphatic imine (C=N–C) groups is 1. The molecule has 1 heterocycles. The second kappa shape index (κ2) is 2.69. The first-order valence-corrected chi connectivity index (χ1v) is 4.07. The fourth-order valence-corrected chi connectivity index (χ4v) is 1.62. The second-order valence-corrected chi connectivity index (χ2v) is 3.08. The van der Waals surface area contributed by atoms with Crippen LogP contribution in [0.25, 0.3) is 0 Å². The Balaban J connectivity index is 2.55. The van der Waals surface area contributed by atoms with Crippen molar-refractivity contribution in [2.24, 2.45) is 4.99 Å². The van der Waals surface area contributed by atoms with Gasteiger partial charge in [0.05, 0.1) is 5.69 Å². The van der Waals surface area contributed by atoms with E-state index in [0.29, 0.717) is 5.71 Å².